The maximum Gasteiger partial charge on any atom is 0.422 e. The molecule has 0 bridgehead atoms. The molecular formula is C21H31F3N4O4. The Bertz CT molecular complexity index is 929. The molecule has 0 saturated heterocycles. The second-order valence-electron chi connectivity index (χ2n) is 7.13. The molecule has 1 atom stereocenters. The van der Waals surface area contributed by atoms with Crippen LogP contribution in [0.4, 0.5) is 19.0 Å². The topological polar surface area (TPSA) is 116 Å². The first-order chi connectivity index (χ1) is 14.9. The van der Waals surface area contributed by atoms with Gasteiger partial charge in [0.05, 0.1) is 12.7 Å². The number of amides is 1. The van der Waals surface area contributed by atoms with Crippen molar-refractivity contribution in [1.29, 1.82) is 0 Å². The minimum absolute atomic E-state index is 0. The predicted octanol–water partition coefficient (Wildman–Crippen LogP) is 4.34. The number of rotatable bonds is 7. The zero-order valence-corrected chi connectivity index (χ0v) is 18.5. The van der Waals surface area contributed by atoms with E-state index in [4.69, 9.17) is 10.5 Å². The Kier molecular flexibility index (Phi) is 10.0. The normalized spacial score (nSPS) is 11.8. The van der Waals surface area contributed by atoms with E-state index < -0.39 is 12.8 Å². The Morgan fingerprint density at radius 2 is 1.91 bits per heavy atom. The number of carbonyl (C=O) groups is 2. The zero-order chi connectivity index (χ0) is 24.5. The van der Waals surface area contributed by atoms with E-state index in [1.165, 1.54) is 13.2 Å². The number of aldehydes is 1. The lowest BCUT2D eigenvalue weighted by Gasteiger charge is -2.11. The maximum absolute atomic E-state index is 11.8. The first kappa shape index (κ1) is 26.8. The van der Waals surface area contributed by atoms with Crippen LogP contribution in [0.25, 0.3) is 0 Å². The van der Waals surface area contributed by atoms with Crippen LogP contribution in [-0.2, 0) is 4.79 Å². The maximum atomic E-state index is 11.8. The average molecular weight is 460 g/mol. The third-order valence-corrected chi connectivity index (χ3v) is 3.85. The molecule has 0 fully saturated rings. The first-order valence-corrected chi connectivity index (χ1v) is 9.61. The molecule has 32 heavy (non-hydrogen) atoms. The Hall–Kier alpha value is -3.21. The smallest absolute Gasteiger partial charge is 0.422 e. The standard InChI is InChI=1S/C12H19N3O.C9H8F3NO3.2H2/c1-7(2)12(16)15-11-6-10(9(4)13)5-8(3)14-11;1-15-8-6(4-14)2-3-7(13-8)16-5-9(10,11)12;;/h5-7,9H,13H2,1-4H3,(H,14,15,16);2-4H,5H2,1H3;2*1H. The number of nitrogens with two attached hydrogens (primary N) is 1. The molecule has 0 radical (unpaired) electrons. The Morgan fingerprint density at radius 1 is 1.25 bits per heavy atom. The molecule has 1 unspecified atom stereocenters. The summed E-state index contributed by atoms with van der Waals surface area (Å²) in [7, 11) is 1.25. The van der Waals surface area contributed by atoms with Gasteiger partial charge in [-0.2, -0.15) is 18.2 Å². The number of hydrogen-bond acceptors (Lipinski definition) is 7. The van der Waals surface area contributed by atoms with Crippen LogP contribution in [0.15, 0.2) is 24.3 Å². The van der Waals surface area contributed by atoms with Crippen molar-refractivity contribution in [2.45, 2.75) is 39.9 Å². The van der Waals surface area contributed by atoms with E-state index in [-0.39, 0.29) is 38.0 Å². The molecule has 2 aromatic rings. The molecule has 0 aliphatic heterocycles. The fourth-order valence-electron chi connectivity index (χ4n) is 2.22. The number of anilines is 1. The van der Waals surface area contributed by atoms with Gasteiger partial charge in [-0.25, -0.2) is 4.98 Å². The van der Waals surface area contributed by atoms with Crippen molar-refractivity contribution in [2.24, 2.45) is 11.7 Å². The van der Waals surface area contributed by atoms with Crippen molar-refractivity contribution < 1.29 is 35.1 Å². The summed E-state index contributed by atoms with van der Waals surface area (Å²) in [5.41, 5.74) is 7.78. The number of hydrogen-bond donors (Lipinski definition) is 2. The minimum Gasteiger partial charge on any atom is -0.480 e. The molecule has 180 valence electrons. The zero-order valence-electron chi connectivity index (χ0n) is 18.5. The van der Waals surface area contributed by atoms with E-state index in [9.17, 15) is 22.8 Å². The molecular weight excluding hydrogens is 429 g/mol. The molecule has 11 heteroatoms. The number of aromatic nitrogens is 2. The quantitative estimate of drug-likeness (QED) is 0.590. The predicted molar refractivity (Wildman–Crippen MR) is 117 cm³/mol. The van der Waals surface area contributed by atoms with Gasteiger partial charge in [0, 0.05) is 26.6 Å². The molecule has 0 aromatic carbocycles. The monoisotopic (exact) mass is 460 g/mol. The fourth-order valence-corrected chi connectivity index (χ4v) is 2.22. The van der Waals surface area contributed by atoms with Crippen molar-refractivity contribution in [1.82, 2.24) is 9.97 Å². The highest BCUT2D eigenvalue weighted by Gasteiger charge is 2.28. The molecule has 2 heterocycles. The molecule has 1 amide bonds. The Morgan fingerprint density at radius 3 is 2.41 bits per heavy atom. The van der Waals surface area contributed by atoms with E-state index in [0.717, 1.165) is 17.3 Å². The number of halogens is 3. The van der Waals surface area contributed by atoms with Crippen molar-refractivity contribution in [3.05, 3.63) is 41.1 Å². The number of alkyl halides is 3. The van der Waals surface area contributed by atoms with E-state index in [1.807, 2.05) is 39.8 Å². The van der Waals surface area contributed by atoms with E-state index in [2.05, 4.69) is 20.0 Å². The van der Waals surface area contributed by atoms with Gasteiger partial charge in [-0.3, -0.25) is 9.59 Å². The SMILES string of the molecule is COc1nc(OCC(F)(F)F)ccc1C=O.Cc1cc(C(C)N)cc(NC(=O)C(C)C)n1.[HH].[HH]. The first-order valence-electron chi connectivity index (χ1n) is 9.61. The van der Waals surface area contributed by atoms with Crippen LogP contribution in [-0.4, -0.2) is 42.1 Å². The minimum atomic E-state index is -4.43. The third kappa shape index (κ3) is 9.29. The van der Waals surface area contributed by atoms with Crippen LogP contribution in [0.3, 0.4) is 0 Å². The lowest BCUT2D eigenvalue weighted by molar-refractivity contribution is -0.154. The molecule has 3 N–H and O–H groups in total. The van der Waals surface area contributed by atoms with Crippen LogP contribution in [0.1, 0.15) is 51.3 Å². The lowest BCUT2D eigenvalue weighted by Crippen LogP contribution is -2.19. The van der Waals surface area contributed by atoms with Gasteiger partial charge < -0.3 is 20.5 Å². The van der Waals surface area contributed by atoms with E-state index in [1.54, 1.807) is 0 Å². The largest absolute Gasteiger partial charge is 0.480 e. The summed E-state index contributed by atoms with van der Waals surface area (Å²) in [6.07, 6.45) is -3.95. The van der Waals surface area contributed by atoms with Gasteiger partial charge in [-0.15, -0.1) is 0 Å². The number of nitrogens with one attached hydrogen (secondary N) is 1. The molecule has 0 saturated carbocycles. The summed E-state index contributed by atoms with van der Waals surface area (Å²) in [6, 6.07) is 6.12. The Balaban J connectivity index is 0. The van der Waals surface area contributed by atoms with Crippen LogP contribution < -0.4 is 20.5 Å². The van der Waals surface area contributed by atoms with Crippen molar-refractivity contribution >= 4 is 18.0 Å². The summed E-state index contributed by atoms with van der Waals surface area (Å²) < 4.78 is 44.6. The number of carbonyl (C=O) groups excluding carboxylic acids is 2. The van der Waals surface area contributed by atoms with Crippen LogP contribution in [0.2, 0.25) is 0 Å². The summed E-state index contributed by atoms with van der Waals surface area (Å²) in [5.74, 6) is 0.162. The lowest BCUT2D eigenvalue weighted by atomic mass is 10.1. The average Bonchev–Trinajstić information content (AvgIpc) is 2.71. The second kappa shape index (κ2) is 12.0. The molecule has 2 aromatic heterocycles. The number of aryl methyl sites for hydroxylation is 1. The molecule has 8 nitrogen and oxygen atoms in total. The summed E-state index contributed by atoms with van der Waals surface area (Å²) in [6.45, 7) is 6.04. The van der Waals surface area contributed by atoms with Gasteiger partial charge in [0.2, 0.25) is 17.7 Å². The number of ether oxygens (including phenoxy) is 2. The van der Waals surface area contributed by atoms with Gasteiger partial charge in [-0.1, -0.05) is 13.8 Å². The van der Waals surface area contributed by atoms with E-state index in [0.29, 0.717) is 12.1 Å². The highest BCUT2D eigenvalue weighted by molar-refractivity contribution is 5.91. The van der Waals surface area contributed by atoms with Gasteiger partial charge in [-0.05, 0) is 37.6 Å². The van der Waals surface area contributed by atoms with Crippen LogP contribution >= 0.6 is 0 Å². The summed E-state index contributed by atoms with van der Waals surface area (Å²) >= 11 is 0. The summed E-state index contributed by atoms with van der Waals surface area (Å²) in [5, 5.41) is 2.77. The van der Waals surface area contributed by atoms with Gasteiger partial charge in [0.15, 0.2) is 12.9 Å². The molecule has 2 rings (SSSR count). The Labute approximate surface area is 187 Å². The second-order valence-corrected chi connectivity index (χ2v) is 7.13. The number of pyridine rings is 2. The third-order valence-electron chi connectivity index (χ3n) is 3.85. The molecule has 0 aliphatic carbocycles. The van der Waals surface area contributed by atoms with Gasteiger partial charge in [0.25, 0.3) is 0 Å². The number of methoxy groups -OCH3 is 1. The van der Waals surface area contributed by atoms with Crippen molar-refractivity contribution in [3.8, 4) is 11.8 Å². The van der Waals surface area contributed by atoms with Crippen LogP contribution in [0, 0.1) is 12.8 Å². The summed E-state index contributed by atoms with van der Waals surface area (Å²) in [4.78, 5) is 29.8. The van der Waals surface area contributed by atoms with Gasteiger partial charge in [0.1, 0.15) is 5.82 Å². The van der Waals surface area contributed by atoms with Crippen molar-refractivity contribution in [2.75, 3.05) is 19.0 Å². The van der Waals surface area contributed by atoms with Crippen molar-refractivity contribution in [3.63, 3.8) is 0 Å². The fraction of sp³-hybridized carbons (Fsp3) is 0.429. The van der Waals surface area contributed by atoms with Crippen LogP contribution in [0.5, 0.6) is 11.8 Å². The molecule has 0 aliphatic rings. The highest BCUT2D eigenvalue weighted by Crippen LogP contribution is 2.21. The molecule has 0 spiro atoms. The van der Waals surface area contributed by atoms with Gasteiger partial charge >= 0.3 is 6.18 Å². The van der Waals surface area contributed by atoms with E-state index >= 15 is 0 Å². The number of nitrogens with zero attached hydrogens (tertiary/aromatic N) is 2. The highest BCUT2D eigenvalue weighted by atomic mass is 19.4.